The third-order valence-electron chi connectivity index (χ3n) is 4.37. The van der Waals surface area contributed by atoms with Gasteiger partial charge in [0.2, 0.25) is 0 Å². The summed E-state index contributed by atoms with van der Waals surface area (Å²) in [5.41, 5.74) is 2.56. The molecule has 0 unspecified atom stereocenters. The predicted molar refractivity (Wildman–Crippen MR) is 106 cm³/mol. The number of aryl methyl sites for hydroxylation is 1. The fraction of sp³-hybridized carbons (Fsp3) is 0.158. The second kappa shape index (κ2) is 7.32. The molecule has 27 heavy (non-hydrogen) atoms. The lowest BCUT2D eigenvalue weighted by molar-refractivity contribution is 0.0952. The minimum atomic E-state index is -0.104. The summed E-state index contributed by atoms with van der Waals surface area (Å²) in [5, 5.41) is 15.5. The van der Waals surface area contributed by atoms with Gasteiger partial charge in [-0.1, -0.05) is 22.0 Å². The molecule has 0 saturated carbocycles. The quantitative estimate of drug-likeness (QED) is 0.533. The van der Waals surface area contributed by atoms with E-state index in [1.807, 2.05) is 31.3 Å². The van der Waals surface area contributed by atoms with Crippen LogP contribution in [0.5, 0.6) is 0 Å². The first kappa shape index (κ1) is 17.4. The molecular formula is C19H17BrN6O. The summed E-state index contributed by atoms with van der Waals surface area (Å²) in [5.74, 6) is 0.588. The molecule has 2 aromatic carbocycles. The number of nitrogens with one attached hydrogen (secondary N) is 1. The van der Waals surface area contributed by atoms with Crippen LogP contribution < -0.4 is 5.32 Å². The van der Waals surface area contributed by atoms with Crippen LogP contribution in [-0.2, 0) is 6.54 Å². The topological polar surface area (TPSA) is 77.6 Å². The Morgan fingerprint density at radius 2 is 1.96 bits per heavy atom. The average molecular weight is 425 g/mol. The Morgan fingerprint density at radius 1 is 1.15 bits per heavy atom. The van der Waals surface area contributed by atoms with Crippen molar-refractivity contribution in [2.75, 3.05) is 6.54 Å². The van der Waals surface area contributed by atoms with Gasteiger partial charge in [-0.25, -0.2) is 0 Å². The third kappa shape index (κ3) is 3.61. The molecule has 0 saturated heterocycles. The van der Waals surface area contributed by atoms with E-state index >= 15 is 0 Å². The normalized spacial score (nSPS) is 11.0. The molecule has 2 aromatic heterocycles. The summed E-state index contributed by atoms with van der Waals surface area (Å²) in [4.78, 5) is 12.4. The van der Waals surface area contributed by atoms with E-state index in [9.17, 15) is 4.79 Å². The molecule has 0 bridgehead atoms. The highest BCUT2D eigenvalue weighted by atomic mass is 79.9. The number of halogens is 1. The summed E-state index contributed by atoms with van der Waals surface area (Å²) >= 11 is 3.50. The summed E-state index contributed by atoms with van der Waals surface area (Å²) in [6.07, 6.45) is 2.03. The number of hydrogen-bond acceptors (Lipinski definition) is 4. The Bertz CT molecular complexity index is 1100. The lowest BCUT2D eigenvalue weighted by Gasteiger charge is -2.09. The van der Waals surface area contributed by atoms with Gasteiger partial charge >= 0.3 is 0 Å². The van der Waals surface area contributed by atoms with Crippen molar-refractivity contribution in [1.29, 1.82) is 0 Å². The number of aromatic nitrogens is 5. The third-order valence-corrected chi connectivity index (χ3v) is 4.87. The second-order valence-corrected chi connectivity index (χ2v) is 7.07. The number of amides is 1. The molecule has 7 nitrogen and oxygen atoms in total. The Labute approximate surface area is 164 Å². The van der Waals surface area contributed by atoms with Crippen molar-refractivity contribution < 1.29 is 4.79 Å². The number of tetrazole rings is 1. The zero-order chi connectivity index (χ0) is 18.8. The predicted octanol–water partition coefficient (Wildman–Crippen LogP) is 3.12. The first-order valence-corrected chi connectivity index (χ1v) is 9.29. The van der Waals surface area contributed by atoms with Gasteiger partial charge in [-0.15, -0.1) is 5.10 Å². The van der Waals surface area contributed by atoms with E-state index in [2.05, 4.69) is 59.5 Å². The molecule has 0 spiro atoms. The van der Waals surface area contributed by atoms with Gasteiger partial charge < -0.3 is 9.88 Å². The van der Waals surface area contributed by atoms with Gasteiger partial charge in [0, 0.05) is 34.8 Å². The SMILES string of the molecule is Cc1nnnn1-c1ccc(C(=O)NCCn2ccc3ccc(Br)cc32)cc1. The highest BCUT2D eigenvalue weighted by molar-refractivity contribution is 9.10. The number of fused-ring (bicyclic) bond motifs is 1. The van der Waals surface area contributed by atoms with Gasteiger partial charge in [-0.05, 0) is 65.2 Å². The van der Waals surface area contributed by atoms with E-state index in [1.54, 1.807) is 16.8 Å². The first-order valence-electron chi connectivity index (χ1n) is 8.50. The zero-order valence-electron chi connectivity index (χ0n) is 14.6. The molecule has 0 radical (unpaired) electrons. The van der Waals surface area contributed by atoms with Gasteiger partial charge in [0.1, 0.15) is 0 Å². The largest absolute Gasteiger partial charge is 0.350 e. The maximum absolute atomic E-state index is 12.4. The van der Waals surface area contributed by atoms with Gasteiger partial charge in [0.05, 0.1) is 5.69 Å². The fourth-order valence-corrected chi connectivity index (χ4v) is 3.32. The number of carbonyl (C=O) groups excluding carboxylic acids is 1. The molecule has 0 aliphatic carbocycles. The van der Waals surface area contributed by atoms with E-state index in [0.717, 1.165) is 15.7 Å². The lowest BCUT2D eigenvalue weighted by atomic mass is 10.2. The molecule has 4 rings (SSSR count). The minimum absolute atomic E-state index is 0.104. The number of carbonyl (C=O) groups is 1. The molecule has 8 heteroatoms. The van der Waals surface area contributed by atoms with Crippen molar-refractivity contribution in [3.05, 3.63) is 70.6 Å². The van der Waals surface area contributed by atoms with Crippen LogP contribution in [0.15, 0.2) is 59.2 Å². The number of nitrogens with zero attached hydrogens (tertiary/aromatic N) is 5. The number of benzene rings is 2. The first-order chi connectivity index (χ1) is 13.1. The Kier molecular flexibility index (Phi) is 4.72. The van der Waals surface area contributed by atoms with Crippen LogP contribution in [0.1, 0.15) is 16.2 Å². The monoisotopic (exact) mass is 424 g/mol. The van der Waals surface area contributed by atoms with Gasteiger partial charge in [0.25, 0.3) is 5.91 Å². The molecule has 0 aliphatic rings. The number of rotatable bonds is 5. The van der Waals surface area contributed by atoms with Gasteiger partial charge in [-0.3, -0.25) is 4.79 Å². The standard InChI is InChI=1S/C19H17BrN6O/c1-13-22-23-24-26(13)17-6-3-15(4-7-17)19(27)21-9-11-25-10-8-14-2-5-16(20)12-18(14)25/h2-8,10,12H,9,11H2,1H3,(H,21,27). The molecule has 1 N–H and O–H groups in total. The minimum Gasteiger partial charge on any atom is -0.350 e. The maximum Gasteiger partial charge on any atom is 0.251 e. The van der Waals surface area contributed by atoms with Crippen molar-refractivity contribution in [1.82, 2.24) is 30.1 Å². The van der Waals surface area contributed by atoms with E-state index in [1.165, 1.54) is 5.39 Å². The Balaban J connectivity index is 1.39. The summed E-state index contributed by atoms with van der Waals surface area (Å²) in [6, 6.07) is 15.4. The second-order valence-electron chi connectivity index (χ2n) is 6.15. The fourth-order valence-electron chi connectivity index (χ4n) is 2.97. The van der Waals surface area contributed by atoms with E-state index in [0.29, 0.717) is 24.5 Å². The smallest absolute Gasteiger partial charge is 0.251 e. The van der Waals surface area contributed by atoms with Crippen LogP contribution in [0, 0.1) is 6.92 Å². The van der Waals surface area contributed by atoms with Crippen LogP contribution >= 0.6 is 15.9 Å². The summed E-state index contributed by atoms with van der Waals surface area (Å²) in [6.45, 7) is 3.07. The van der Waals surface area contributed by atoms with Crippen LogP contribution in [0.4, 0.5) is 0 Å². The van der Waals surface area contributed by atoms with E-state index in [4.69, 9.17) is 0 Å². The van der Waals surface area contributed by atoms with Crippen molar-refractivity contribution in [3.8, 4) is 5.69 Å². The van der Waals surface area contributed by atoms with Gasteiger partial charge in [-0.2, -0.15) is 4.68 Å². The number of hydrogen-bond donors (Lipinski definition) is 1. The van der Waals surface area contributed by atoms with Crippen LogP contribution in [0.25, 0.3) is 16.6 Å². The van der Waals surface area contributed by atoms with Gasteiger partial charge in [0.15, 0.2) is 5.82 Å². The van der Waals surface area contributed by atoms with Crippen LogP contribution in [0.3, 0.4) is 0 Å². The molecule has 4 aromatic rings. The van der Waals surface area contributed by atoms with Crippen LogP contribution in [-0.4, -0.2) is 37.2 Å². The molecule has 2 heterocycles. The average Bonchev–Trinajstić information content (AvgIpc) is 3.28. The molecule has 136 valence electrons. The molecule has 0 atom stereocenters. The lowest BCUT2D eigenvalue weighted by Crippen LogP contribution is -2.27. The Hall–Kier alpha value is -3.00. The summed E-state index contributed by atoms with van der Waals surface area (Å²) in [7, 11) is 0. The molecular weight excluding hydrogens is 408 g/mol. The Morgan fingerprint density at radius 3 is 2.70 bits per heavy atom. The highest BCUT2D eigenvalue weighted by Gasteiger charge is 2.08. The van der Waals surface area contributed by atoms with Crippen molar-refractivity contribution in [2.45, 2.75) is 13.5 Å². The molecule has 1 amide bonds. The van der Waals surface area contributed by atoms with Crippen LogP contribution in [0.2, 0.25) is 0 Å². The highest BCUT2D eigenvalue weighted by Crippen LogP contribution is 2.20. The summed E-state index contributed by atoms with van der Waals surface area (Å²) < 4.78 is 4.79. The molecule has 0 aliphatic heterocycles. The van der Waals surface area contributed by atoms with E-state index < -0.39 is 0 Å². The zero-order valence-corrected chi connectivity index (χ0v) is 16.2. The van der Waals surface area contributed by atoms with Crippen molar-refractivity contribution >= 4 is 32.7 Å². The molecule has 0 fully saturated rings. The van der Waals surface area contributed by atoms with Crippen molar-refractivity contribution in [2.24, 2.45) is 0 Å². The van der Waals surface area contributed by atoms with E-state index in [-0.39, 0.29) is 5.91 Å². The maximum atomic E-state index is 12.4. The van der Waals surface area contributed by atoms with Crippen molar-refractivity contribution in [3.63, 3.8) is 0 Å².